The molecule has 0 aliphatic heterocycles. The van der Waals surface area contributed by atoms with Crippen LogP contribution in [0.15, 0.2) is 24.4 Å². The van der Waals surface area contributed by atoms with E-state index in [-0.39, 0.29) is 11.2 Å². The van der Waals surface area contributed by atoms with Gasteiger partial charge in [0.1, 0.15) is 0 Å². The molecule has 5 heteroatoms. The topological polar surface area (TPSA) is 59.1 Å². The molecular formula is C12H20N2O2S. The van der Waals surface area contributed by atoms with Gasteiger partial charge in [0.25, 0.3) is 0 Å². The van der Waals surface area contributed by atoms with Crippen LogP contribution in [0.5, 0.6) is 0 Å². The summed E-state index contributed by atoms with van der Waals surface area (Å²) in [6.07, 6.45) is 2.12. The summed E-state index contributed by atoms with van der Waals surface area (Å²) in [7, 11) is -3.20. The Bertz CT molecular complexity index is 435. The lowest BCUT2D eigenvalue weighted by Crippen LogP contribution is -2.34. The number of sulfonamides is 1. The Hall–Kier alpha value is -0.940. The lowest BCUT2D eigenvalue weighted by atomic mass is 9.98. The first-order valence-electron chi connectivity index (χ1n) is 5.66. The van der Waals surface area contributed by atoms with Gasteiger partial charge in [0.05, 0.1) is 5.75 Å². The third-order valence-corrected chi connectivity index (χ3v) is 3.50. The third-order valence-electron chi connectivity index (χ3n) is 2.18. The summed E-state index contributed by atoms with van der Waals surface area (Å²) < 4.78 is 26.0. The Morgan fingerprint density at radius 3 is 2.53 bits per heavy atom. The van der Waals surface area contributed by atoms with Crippen LogP contribution < -0.4 is 4.72 Å². The average molecular weight is 256 g/mol. The molecule has 1 N–H and O–H groups in total. The summed E-state index contributed by atoms with van der Waals surface area (Å²) in [6.45, 7) is 6.44. The van der Waals surface area contributed by atoms with E-state index < -0.39 is 10.0 Å². The van der Waals surface area contributed by atoms with Crippen LogP contribution in [0, 0.1) is 5.41 Å². The van der Waals surface area contributed by atoms with E-state index in [2.05, 4.69) is 9.71 Å². The van der Waals surface area contributed by atoms with Crippen LogP contribution in [0.3, 0.4) is 0 Å². The monoisotopic (exact) mass is 256 g/mol. The number of rotatable bonds is 5. The van der Waals surface area contributed by atoms with Gasteiger partial charge in [-0.25, -0.2) is 13.1 Å². The molecule has 96 valence electrons. The molecule has 1 heterocycles. The first-order chi connectivity index (χ1) is 7.79. The van der Waals surface area contributed by atoms with Gasteiger partial charge in [-0.05, 0) is 17.5 Å². The molecule has 0 saturated carbocycles. The summed E-state index contributed by atoms with van der Waals surface area (Å²) in [5.41, 5.74) is 0.756. The van der Waals surface area contributed by atoms with Crippen molar-refractivity contribution in [3.63, 3.8) is 0 Å². The van der Waals surface area contributed by atoms with Gasteiger partial charge in [0.2, 0.25) is 10.0 Å². The number of aryl methyl sites for hydroxylation is 1. The molecule has 1 aromatic heterocycles. The van der Waals surface area contributed by atoms with Gasteiger partial charge in [0, 0.05) is 24.9 Å². The maximum atomic E-state index is 11.7. The maximum absolute atomic E-state index is 11.7. The Morgan fingerprint density at radius 2 is 2.00 bits per heavy atom. The highest BCUT2D eigenvalue weighted by molar-refractivity contribution is 7.89. The van der Waals surface area contributed by atoms with Crippen molar-refractivity contribution in [3.05, 3.63) is 30.1 Å². The van der Waals surface area contributed by atoms with E-state index in [1.807, 2.05) is 39.0 Å². The summed E-state index contributed by atoms with van der Waals surface area (Å²) in [5, 5.41) is 0. The summed E-state index contributed by atoms with van der Waals surface area (Å²) in [4.78, 5) is 4.10. The van der Waals surface area contributed by atoms with Gasteiger partial charge in [-0.1, -0.05) is 26.8 Å². The van der Waals surface area contributed by atoms with Crippen LogP contribution in [-0.2, 0) is 16.4 Å². The van der Waals surface area contributed by atoms with Gasteiger partial charge in [-0.15, -0.1) is 0 Å². The predicted octanol–water partition coefficient (Wildman–Crippen LogP) is 1.59. The molecule has 0 unspecified atom stereocenters. The van der Waals surface area contributed by atoms with Crippen LogP contribution >= 0.6 is 0 Å². The van der Waals surface area contributed by atoms with Gasteiger partial charge in [-0.3, -0.25) is 4.98 Å². The Morgan fingerprint density at radius 1 is 1.29 bits per heavy atom. The standard InChI is InChI=1S/C12H20N2O2S/c1-12(2,3)10-14-17(15,16)9-7-11-6-4-5-8-13-11/h4-6,8,14H,7,9-10H2,1-3H3. The molecule has 0 aliphatic carbocycles. The van der Waals surface area contributed by atoms with Crippen molar-refractivity contribution in [2.75, 3.05) is 12.3 Å². The molecule has 1 aromatic rings. The van der Waals surface area contributed by atoms with E-state index in [4.69, 9.17) is 0 Å². The number of pyridine rings is 1. The van der Waals surface area contributed by atoms with Crippen molar-refractivity contribution in [3.8, 4) is 0 Å². The van der Waals surface area contributed by atoms with E-state index in [0.717, 1.165) is 5.69 Å². The first-order valence-corrected chi connectivity index (χ1v) is 7.31. The van der Waals surface area contributed by atoms with Gasteiger partial charge in [-0.2, -0.15) is 0 Å². The molecule has 4 nitrogen and oxygen atoms in total. The Balaban J connectivity index is 2.46. The fraction of sp³-hybridized carbons (Fsp3) is 0.583. The second-order valence-electron chi connectivity index (χ2n) is 5.27. The van der Waals surface area contributed by atoms with Crippen LogP contribution in [0.2, 0.25) is 0 Å². The van der Waals surface area contributed by atoms with E-state index in [1.165, 1.54) is 0 Å². The zero-order chi connectivity index (χ0) is 12.9. The molecule has 17 heavy (non-hydrogen) atoms. The molecule has 0 saturated heterocycles. The highest BCUT2D eigenvalue weighted by atomic mass is 32.2. The minimum absolute atomic E-state index is 0.0436. The quantitative estimate of drug-likeness (QED) is 0.870. The second-order valence-corrected chi connectivity index (χ2v) is 7.20. The minimum Gasteiger partial charge on any atom is -0.261 e. The molecule has 0 aliphatic rings. The van der Waals surface area contributed by atoms with Crippen molar-refractivity contribution in [1.82, 2.24) is 9.71 Å². The number of nitrogens with zero attached hydrogens (tertiary/aromatic N) is 1. The third kappa shape index (κ3) is 6.38. The summed E-state index contributed by atoms with van der Waals surface area (Å²) >= 11 is 0. The molecule has 0 spiro atoms. The summed E-state index contributed by atoms with van der Waals surface area (Å²) in [6, 6.07) is 5.51. The number of aromatic nitrogens is 1. The van der Waals surface area contributed by atoms with Crippen molar-refractivity contribution in [2.24, 2.45) is 5.41 Å². The molecule has 1 rings (SSSR count). The van der Waals surface area contributed by atoms with E-state index >= 15 is 0 Å². The predicted molar refractivity (Wildman–Crippen MR) is 69.2 cm³/mol. The average Bonchev–Trinajstić information content (AvgIpc) is 2.25. The summed E-state index contributed by atoms with van der Waals surface area (Å²) in [5.74, 6) is 0.0834. The largest absolute Gasteiger partial charge is 0.261 e. The molecular weight excluding hydrogens is 236 g/mol. The zero-order valence-corrected chi connectivity index (χ0v) is 11.4. The minimum atomic E-state index is -3.20. The smallest absolute Gasteiger partial charge is 0.211 e. The van der Waals surface area contributed by atoms with Crippen molar-refractivity contribution in [2.45, 2.75) is 27.2 Å². The van der Waals surface area contributed by atoms with Crippen LogP contribution in [-0.4, -0.2) is 25.7 Å². The highest BCUT2D eigenvalue weighted by Crippen LogP contribution is 2.11. The fourth-order valence-electron chi connectivity index (χ4n) is 1.18. The lowest BCUT2D eigenvalue weighted by Gasteiger charge is -2.18. The van der Waals surface area contributed by atoms with Gasteiger partial charge >= 0.3 is 0 Å². The van der Waals surface area contributed by atoms with Crippen molar-refractivity contribution >= 4 is 10.0 Å². The number of nitrogens with one attached hydrogen (secondary N) is 1. The molecule has 0 atom stereocenters. The highest BCUT2D eigenvalue weighted by Gasteiger charge is 2.16. The first kappa shape index (κ1) is 14.1. The van der Waals surface area contributed by atoms with Gasteiger partial charge < -0.3 is 0 Å². The Kier molecular flexibility index (Phi) is 4.65. The van der Waals surface area contributed by atoms with Gasteiger partial charge in [0.15, 0.2) is 0 Å². The van der Waals surface area contributed by atoms with E-state index in [9.17, 15) is 8.42 Å². The second kappa shape index (κ2) is 5.60. The molecule has 0 amide bonds. The number of hydrogen-bond acceptors (Lipinski definition) is 3. The van der Waals surface area contributed by atoms with E-state index in [0.29, 0.717) is 13.0 Å². The van der Waals surface area contributed by atoms with E-state index in [1.54, 1.807) is 6.20 Å². The molecule has 0 fully saturated rings. The van der Waals surface area contributed by atoms with Crippen LogP contribution in [0.1, 0.15) is 26.5 Å². The van der Waals surface area contributed by atoms with Crippen LogP contribution in [0.25, 0.3) is 0 Å². The SMILES string of the molecule is CC(C)(C)CNS(=O)(=O)CCc1ccccn1. The van der Waals surface area contributed by atoms with Crippen molar-refractivity contribution < 1.29 is 8.42 Å². The van der Waals surface area contributed by atoms with Crippen molar-refractivity contribution in [1.29, 1.82) is 0 Å². The maximum Gasteiger partial charge on any atom is 0.211 e. The zero-order valence-electron chi connectivity index (χ0n) is 10.6. The normalized spacial score (nSPS) is 12.6. The fourth-order valence-corrected chi connectivity index (χ4v) is 2.46. The lowest BCUT2D eigenvalue weighted by molar-refractivity contribution is 0.407. The molecule has 0 aromatic carbocycles. The molecule has 0 radical (unpaired) electrons. The molecule has 0 bridgehead atoms. The number of hydrogen-bond donors (Lipinski definition) is 1. The Labute approximate surface area is 104 Å². The van der Waals surface area contributed by atoms with Crippen LogP contribution in [0.4, 0.5) is 0 Å².